The smallest absolute Gasteiger partial charge is 0.354 e. The van der Waals surface area contributed by atoms with E-state index >= 15 is 0 Å². The van der Waals surface area contributed by atoms with E-state index in [0.717, 1.165) is 29.7 Å². The SMILES string of the molecule is CCCc1cc(C(=O)O)n(Cc2ccccc2C)n1. The number of hydrogen-bond acceptors (Lipinski definition) is 2. The number of rotatable bonds is 5. The summed E-state index contributed by atoms with van der Waals surface area (Å²) >= 11 is 0. The van der Waals surface area contributed by atoms with Crippen LogP contribution in [0.2, 0.25) is 0 Å². The van der Waals surface area contributed by atoms with Crippen LogP contribution in [0.4, 0.5) is 0 Å². The zero-order valence-corrected chi connectivity index (χ0v) is 11.3. The summed E-state index contributed by atoms with van der Waals surface area (Å²) in [4.78, 5) is 11.3. The van der Waals surface area contributed by atoms with Crippen LogP contribution in [0, 0.1) is 6.92 Å². The van der Waals surface area contributed by atoms with Crippen LogP contribution in [0.25, 0.3) is 0 Å². The Labute approximate surface area is 112 Å². The molecule has 1 aromatic carbocycles. The Kier molecular flexibility index (Phi) is 4.00. The van der Waals surface area contributed by atoms with Gasteiger partial charge < -0.3 is 5.11 Å². The topological polar surface area (TPSA) is 55.1 Å². The number of aryl methyl sites for hydroxylation is 2. The molecule has 0 saturated heterocycles. The van der Waals surface area contributed by atoms with Crippen LogP contribution in [0.5, 0.6) is 0 Å². The Morgan fingerprint density at radius 1 is 1.37 bits per heavy atom. The summed E-state index contributed by atoms with van der Waals surface area (Å²) in [6.07, 6.45) is 1.77. The lowest BCUT2D eigenvalue weighted by Gasteiger charge is -2.07. The fourth-order valence-electron chi connectivity index (χ4n) is 2.09. The molecule has 2 aromatic rings. The van der Waals surface area contributed by atoms with Crippen molar-refractivity contribution in [3.63, 3.8) is 0 Å². The molecular formula is C15H18N2O2. The van der Waals surface area contributed by atoms with Crippen LogP contribution in [0.1, 0.15) is 40.7 Å². The third-order valence-electron chi connectivity index (χ3n) is 3.14. The second kappa shape index (κ2) is 5.69. The molecule has 2 rings (SSSR count). The number of carboxylic acid groups (broad SMARTS) is 1. The van der Waals surface area contributed by atoms with E-state index < -0.39 is 5.97 Å². The summed E-state index contributed by atoms with van der Waals surface area (Å²) in [7, 11) is 0. The minimum Gasteiger partial charge on any atom is -0.477 e. The second-order valence-electron chi connectivity index (χ2n) is 4.66. The molecule has 0 unspecified atom stereocenters. The number of carboxylic acids is 1. The molecule has 1 heterocycles. The fourth-order valence-corrected chi connectivity index (χ4v) is 2.09. The summed E-state index contributed by atoms with van der Waals surface area (Å²) < 4.78 is 1.58. The van der Waals surface area contributed by atoms with E-state index in [0.29, 0.717) is 6.54 Å². The number of aromatic nitrogens is 2. The fraction of sp³-hybridized carbons (Fsp3) is 0.333. The van der Waals surface area contributed by atoms with Crippen LogP contribution in [-0.2, 0) is 13.0 Å². The predicted molar refractivity (Wildman–Crippen MR) is 73.5 cm³/mol. The van der Waals surface area contributed by atoms with Crippen molar-refractivity contribution >= 4 is 5.97 Å². The summed E-state index contributed by atoms with van der Waals surface area (Å²) in [5.41, 5.74) is 3.34. The van der Waals surface area contributed by atoms with Crippen LogP contribution < -0.4 is 0 Å². The Morgan fingerprint density at radius 2 is 2.11 bits per heavy atom. The Balaban J connectivity index is 2.33. The Bertz CT molecular complexity index is 588. The maximum atomic E-state index is 11.3. The highest BCUT2D eigenvalue weighted by Gasteiger charge is 2.14. The molecule has 4 heteroatoms. The molecule has 4 nitrogen and oxygen atoms in total. The lowest BCUT2D eigenvalue weighted by atomic mass is 10.1. The van der Waals surface area contributed by atoms with Gasteiger partial charge >= 0.3 is 5.97 Å². The highest BCUT2D eigenvalue weighted by molar-refractivity contribution is 5.85. The van der Waals surface area contributed by atoms with E-state index in [1.54, 1.807) is 10.7 Å². The number of aromatic carboxylic acids is 1. The van der Waals surface area contributed by atoms with Gasteiger partial charge in [-0.15, -0.1) is 0 Å². The Morgan fingerprint density at radius 3 is 2.74 bits per heavy atom. The van der Waals surface area contributed by atoms with E-state index in [1.807, 2.05) is 31.2 Å². The first-order valence-corrected chi connectivity index (χ1v) is 6.46. The molecular weight excluding hydrogens is 240 g/mol. The van der Waals surface area contributed by atoms with Crippen molar-refractivity contribution in [2.75, 3.05) is 0 Å². The van der Waals surface area contributed by atoms with Gasteiger partial charge in [-0.05, 0) is 30.5 Å². The molecule has 100 valence electrons. The van der Waals surface area contributed by atoms with E-state index in [2.05, 4.69) is 12.0 Å². The summed E-state index contributed by atoms with van der Waals surface area (Å²) in [6, 6.07) is 9.63. The van der Waals surface area contributed by atoms with Crippen molar-refractivity contribution in [2.24, 2.45) is 0 Å². The zero-order chi connectivity index (χ0) is 13.8. The van der Waals surface area contributed by atoms with Gasteiger partial charge in [0, 0.05) is 0 Å². The van der Waals surface area contributed by atoms with Crippen LogP contribution in [0.3, 0.4) is 0 Å². The second-order valence-corrected chi connectivity index (χ2v) is 4.66. The van der Waals surface area contributed by atoms with Crippen molar-refractivity contribution in [2.45, 2.75) is 33.2 Å². The van der Waals surface area contributed by atoms with Gasteiger partial charge in [-0.1, -0.05) is 37.6 Å². The van der Waals surface area contributed by atoms with Crippen molar-refractivity contribution in [1.82, 2.24) is 9.78 Å². The lowest BCUT2D eigenvalue weighted by molar-refractivity contribution is 0.0684. The minimum absolute atomic E-state index is 0.256. The van der Waals surface area contributed by atoms with Gasteiger partial charge in [-0.2, -0.15) is 5.10 Å². The van der Waals surface area contributed by atoms with Gasteiger partial charge in [-0.3, -0.25) is 4.68 Å². The first kappa shape index (κ1) is 13.3. The molecule has 0 aliphatic rings. The zero-order valence-electron chi connectivity index (χ0n) is 11.3. The predicted octanol–water partition coefficient (Wildman–Crippen LogP) is 2.89. The highest BCUT2D eigenvalue weighted by Crippen LogP contribution is 2.13. The third kappa shape index (κ3) is 3.02. The molecule has 0 spiro atoms. The first-order valence-electron chi connectivity index (χ1n) is 6.46. The average Bonchev–Trinajstić information content (AvgIpc) is 2.76. The largest absolute Gasteiger partial charge is 0.477 e. The molecule has 0 amide bonds. The number of hydrogen-bond donors (Lipinski definition) is 1. The van der Waals surface area contributed by atoms with Crippen molar-refractivity contribution in [3.05, 3.63) is 52.8 Å². The molecule has 1 N–H and O–H groups in total. The van der Waals surface area contributed by atoms with Crippen molar-refractivity contribution in [1.29, 1.82) is 0 Å². The van der Waals surface area contributed by atoms with Crippen LogP contribution in [-0.4, -0.2) is 20.9 Å². The summed E-state index contributed by atoms with van der Waals surface area (Å²) in [6.45, 7) is 4.57. The van der Waals surface area contributed by atoms with E-state index in [1.165, 1.54) is 0 Å². The minimum atomic E-state index is -0.927. The molecule has 0 aliphatic carbocycles. The van der Waals surface area contributed by atoms with E-state index in [9.17, 15) is 9.90 Å². The van der Waals surface area contributed by atoms with Gasteiger partial charge in [0.15, 0.2) is 0 Å². The summed E-state index contributed by atoms with van der Waals surface area (Å²) in [5.74, 6) is -0.927. The maximum absolute atomic E-state index is 11.3. The highest BCUT2D eigenvalue weighted by atomic mass is 16.4. The molecule has 0 radical (unpaired) electrons. The molecule has 0 aliphatic heterocycles. The molecule has 0 bridgehead atoms. The number of carbonyl (C=O) groups is 1. The number of benzene rings is 1. The van der Waals surface area contributed by atoms with E-state index in [4.69, 9.17) is 0 Å². The standard InChI is InChI=1S/C15H18N2O2/c1-3-6-13-9-14(15(18)19)17(16-13)10-12-8-5-4-7-11(12)2/h4-5,7-9H,3,6,10H2,1-2H3,(H,18,19). The van der Waals surface area contributed by atoms with Gasteiger partial charge in [0.25, 0.3) is 0 Å². The van der Waals surface area contributed by atoms with Gasteiger partial charge in [0.1, 0.15) is 5.69 Å². The molecule has 0 fully saturated rings. The quantitative estimate of drug-likeness (QED) is 0.897. The van der Waals surface area contributed by atoms with Crippen molar-refractivity contribution in [3.8, 4) is 0 Å². The van der Waals surface area contributed by atoms with Gasteiger partial charge in [-0.25, -0.2) is 4.79 Å². The molecule has 19 heavy (non-hydrogen) atoms. The lowest BCUT2D eigenvalue weighted by Crippen LogP contribution is -2.11. The molecule has 0 atom stereocenters. The van der Waals surface area contributed by atoms with Crippen molar-refractivity contribution < 1.29 is 9.90 Å². The first-order chi connectivity index (χ1) is 9.11. The van der Waals surface area contributed by atoms with Crippen LogP contribution >= 0.6 is 0 Å². The average molecular weight is 258 g/mol. The van der Waals surface area contributed by atoms with Crippen LogP contribution in [0.15, 0.2) is 30.3 Å². The molecule has 0 saturated carbocycles. The summed E-state index contributed by atoms with van der Waals surface area (Å²) in [5, 5.41) is 13.6. The maximum Gasteiger partial charge on any atom is 0.354 e. The van der Waals surface area contributed by atoms with Gasteiger partial charge in [0.2, 0.25) is 0 Å². The van der Waals surface area contributed by atoms with Gasteiger partial charge in [0.05, 0.1) is 12.2 Å². The Hall–Kier alpha value is -2.10. The molecule has 1 aromatic heterocycles. The monoisotopic (exact) mass is 258 g/mol. The number of nitrogens with zero attached hydrogens (tertiary/aromatic N) is 2. The normalized spacial score (nSPS) is 10.6. The van der Waals surface area contributed by atoms with E-state index in [-0.39, 0.29) is 5.69 Å². The third-order valence-corrected chi connectivity index (χ3v) is 3.14.